The molecule has 0 saturated carbocycles. The Hall–Kier alpha value is -3.32. The molecule has 0 bridgehead atoms. The highest BCUT2D eigenvalue weighted by Crippen LogP contribution is 2.36. The molecular formula is C19H12FN3. The predicted octanol–water partition coefficient (Wildman–Crippen LogP) is 5.06. The minimum atomic E-state index is -0.314. The van der Waals surface area contributed by atoms with Crippen LogP contribution in [0.15, 0.2) is 60.7 Å². The van der Waals surface area contributed by atoms with Crippen molar-refractivity contribution in [3.05, 3.63) is 77.9 Å². The molecule has 0 atom stereocenters. The van der Waals surface area contributed by atoms with Gasteiger partial charge in [-0.3, -0.25) is 0 Å². The van der Waals surface area contributed by atoms with E-state index in [1.54, 1.807) is 24.3 Å². The van der Waals surface area contributed by atoms with Crippen molar-refractivity contribution in [2.24, 2.45) is 0 Å². The fourth-order valence-corrected chi connectivity index (χ4v) is 3.03. The molecule has 1 heterocycles. The molecule has 0 spiro atoms. The number of hydrogen-bond donors (Lipinski definition) is 1. The van der Waals surface area contributed by atoms with Crippen LogP contribution in [0.4, 0.5) is 15.8 Å². The first-order chi connectivity index (χ1) is 11.2. The summed E-state index contributed by atoms with van der Waals surface area (Å²) >= 11 is 0. The van der Waals surface area contributed by atoms with Crippen LogP contribution in [0.25, 0.3) is 32.3 Å². The van der Waals surface area contributed by atoms with Crippen LogP contribution in [0.2, 0.25) is 0 Å². The summed E-state index contributed by atoms with van der Waals surface area (Å²) in [5.41, 5.74) is 9.24. The molecule has 110 valence electrons. The van der Waals surface area contributed by atoms with E-state index in [1.807, 2.05) is 34.9 Å². The average molecular weight is 301 g/mol. The van der Waals surface area contributed by atoms with Crippen molar-refractivity contribution in [3.63, 3.8) is 0 Å². The Kier molecular flexibility index (Phi) is 2.82. The van der Waals surface area contributed by atoms with Gasteiger partial charge in [-0.05, 0) is 35.7 Å². The number of nitrogens with zero attached hydrogens (tertiary/aromatic N) is 2. The fraction of sp³-hybridized carbons (Fsp3) is 0. The van der Waals surface area contributed by atoms with Crippen LogP contribution in [-0.4, -0.2) is 4.57 Å². The third-order valence-electron chi connectivity index (χ3n) is 4.03. The Bertz CT molecular complexity index is 1100. The molecule has 3 aromatic carbocycles. The number of anilines is 1. The number of hydrogen-bond acceptors (Lipinski definition) is 1. The quantitative estimate of drug-likeness (QED) is 0.387. The summed E-state index contributed by atoms with van der Waals surface area (Å²) in [6, 6.07) is 17.7. The highest BCUT2D eigenvalue weighted by molar-refractivity contribution is 6.10. The summed E-state index contributed by atoms with van der Waals surface area (Å²) in [5, 5.41) is 1.62. The maximum absolute atomic E-state index is 14.6. The molecule has 3 nitrogen and oxygen atoms in total. The molecule has 23 heavy (non-hydrogen) atoms. The molecule has 0 unspecified atom stereocenters. The van der Waals surface area contributed by atoms with Crippen LogP contribution in [0, 0.1) is 12.4 Å². The van der Waals surface area contributed by atoms with E-state index in [0.29, 0.717) is 16.9 Å². The van der Waals surface area contributed by atoms with Crippen molar-refractivity contribution in [3.8, 4) is 5.69 Å². The van der Waals surface area contributed by atoms with Crippen LogP contribution in [-0.2, 0) is 0 Å². The Labute approximate surface area is 132 Å². The second-order valence-corrected chi connectivity index (χ2v) is 5.34. The van der Waals surface area contributed by atoms with Gasteiger partial charge in [-0.2, -0.15) is 0 Å². The maximum Gasteiger partial charge on any atom is 0.188 e. The number of benzene rings is 3. The summed E-state index contributed by atoms with van der Waals surface area (Å²) in [7, 11) is 0. The van der Waals surface area contributed by atoms with Crippen LogP contribution in [0.5, 0.6) is 0 Å². The summed E-state index contributed by atoms with van der Waals surface area (Å²) in [6.07, 6.45) is 0. The normalized spacial score (nSPS) is 11.0. The van der Waals surface area contributed by atoms with E-state index in [4.69, 9.17) is 12.3 Å². The third-order valence-corrected chi connectivity index (χ3v) is 4.03. The zero-order valence-corrected chi connectivity index (χ0v) is 12.1. The predicted molar refractivity (Wildman–Crippen MR) is 91.4 cm³/mol. The maximum atomic E-state index is 14.6. The number of halogens is 1. The largest absolute Gasteiger partial charge is 0.397 e. The van der Waals surface area contributed by atoms with Crippen molar-refractivity contribution >= 4 is 33.2 Å². The van der Waals surface area contributed by atoms with Crippen LogP contribution >= 0.6 is 0 Å². The van der Waals surface area contributed by atoms with Crippen LogP contribution in [0.1, 0.15) is 0 Å². The second kappa shape index (κ2) is 4.85. The highest BCUT2D eigenvalue weighted by Gasteiger charge is 2.16. The zero-order chi connectivity index (χ0) is 16.0. The van der Waals surface area contributed by atoms with Gasteiger partial charge in [0.1, 0.15) is 5.82 Å². The van der Waals surface area contributed by atoms with Gasteiger partial charge in [-0.1, -0.05) is 30.3 Å². The van der Waals surface area contributed by atoms with Crippen molar-refractivity contribution < 1.29 is 4.39 Å². The van der Waals surface area contributed by atoms with E-state index in [2.05, 4.69) is 4.85 Å². The summed E-state index contributed by atoms with van der Waals surface area (Å²) in [5.74, 6) is -0.314. The topological polar surface area (TPSA) is 35.3 Å². The van der Waals surface area contributed by atoms with Crippen molar-refractivity contribution in [1.29, 1.82) is 0 Å². The van der Waals surface area contributed by atoms with E-state index < -0.39 is 0 Å². The van der Waals surface area contributed by atoms with Gasteiger partial charge in [0.25, 0.3) is 0 Å². The SMILES string of the molecule is [C-]#[N+]c1ccc2c(c1)c1cccc(F)c1n2-c1ccccc1N. The van der Waals surface area contributed by atoms with Gasteiger partial charge in [-0.25, -0.2) is 9.24 Å². The number of nitrogen functional groups attached to an aromatic ring is 1. The molecule has 4 heteroatoms. The first-order valence-electron chi connectivity index (χ1n) is 7.16. The van der Waals surface area contributed by atoms with Crippen molar-refractivity contribution in [2.45, 2.75) is 0 Å². The standard InChI is InChI=1S/C19H12FN3/c1-22-12-9-10-17-14(11-12)13-5-4-6-15(20)19(13)23(17)18-8-3-2-7-16(18)21/h2-11H,21H2. The smallest absolute Gasteiger partial charge is 0.188 e. The Morgan fingerprint density at radius 2 is 1.78 bits per heavy atom. The number of aromatic nitrogens is 1. The van der Waals surface area contributed by atoms with E-state index in [-0.39, 0.29) is 5.82 Å². The molecule has 2 N–H and O–H groups in total. The van der Waals surface area contributed by atoms with Gasteiger partial charge in [-0.15, -0.1) is 0 Å². The second-order valence-electron chi connectivity index (χ2n) is 5.34. The summed E-state index contributed by atoms with van der Waals surface area (Å²) in [6.45, 7) is 7.20. The molecule has 0 aliphatic carbocycles. The van der Waals surface area contributed by atoms with Crippen LogP contribution in [0.3, 0.4) is 0 Å². The van der Waals surface area contributed by atoms with Crippen molar-refractivity contribution in [1.82, 2.24) is 4.57 Å². The molecule has 1 aromatic heterocycles. The lowest BCUT2D eigenvalue weighted by Gasteiger charge is -2.10. The lowest BCUT2D eigenvalue weighted by molar-refractivity contribution is 0.635. The number of rotatable bonds is 1. The average Bonchev–Trinajstić information content (AvgIpc) is 2.90. The fourth-order valence-electron chi connectivity index (χ4n) is 3.03. The molecular weight excluding hydrogens is 289 g/mol. The third kappa shape index (κ3) is 1.87. The van der Waals surface area contributed by atoms with Crippen molar-refractivity contribution in [2.75, 3.05) is 5.73 Å². The highest BCUT2D eigenvalue weighted by atomic mass is 19.1. The van der Waals surface area contributed by atoms with E-state index in [0.717, 1.165) is 22.0 Å². The molecule has 0 fully saturated rings. The van der Waals surface area contributed by atoms with Gasteiger partial charge in [0, 0.05) is 5.39 Å². The van der Waals surface area contributed by atoms with Gasteiger partial charge in [0.05, 0.1) is 29.0 Å². The van der Waals surface area contributed by atoms with E-state index >= 15 is 0 Å². The van der Waals surface area contributed by atoms with Gasteiger partial charge >= 0.3 is 0 Å². The Balaban J connectivity index is 2.26. The molecule has 4 rings (SSSR count). The minimum Gasteiger partial charge on any atom is -0.397 e. The molecule has 0 aliphatic rings. The molecule has 0 radical (unpaired) electrons. The lowest BCUT2D eigenvalue weighted by Crippen LogP contribution is -2.00. The monoisotopic (exact) mass is 301 g/mol. The molecule has 0 amide bonds. The number of fused-ring (bicyclic) bond motifs is 3. The minimum absolute atomic E-state index is 0.314. The summed E-state index contributed by atoms with van der Waals surface area (Å²) < 4.78 is 16.4. The first kappa shape index (κ1) is 13.4. The number of para-hydroxylation sites is 3. The summed E-state index contributed by atoms with van der Waals surface area (Å²) in [4.78, 5) is 3.47. The molecule has 4 aromatic rings. The first-order valence-corrected chi connectivity index (χ1v) is 7.16. The molecule has 0 saturated heterocycles. The Morgan fingerprint density at radius 3 is 2.57 bits per heavy atom. The van der Waals surface area contributed by atoms with E-state index in [1.165, 1.54) is 6.07 Å². The van der Waals surface area contributed by atoms with Crippen LogP contribution < -0.4 is 5.73 Å². The van der Waals surface area contributed by atoms with Gasteiger partial charge < -0.3 is 10.3 Å². The van der Waals surface area contributed by atoms with E-state index in [9.17, 15) is 4.39 Å². The zero-order valence-electron chi connectivity index (χ0n) is 12.1. The number of nitrogens with two attached hydrogens (primary N) is 1. The Morgan fingerprint density at radius 1 is 0.957 bits per heavy atom. The van der Waals surface area contributed by atoms with Gasteiger partial charge in [0.15, 0.2) is 5.69 Å². The van der Waals surface area contributed by atoms with Gasteiger partial charge in [0.2, 0.25) is 0 Å². The lowest BCUT2D eigenvalue weighted by atomic mass is 10.1. The molecule has 0 aliphatic heterocycles.